The van der Waals surface area contributed by atoms with E-state index < -0.39 is 0 Å². The second-order valence-corrected chi connectivity index (χ2v) is 4.85. The van der Waals surface area contributed by atoms with E-state index in [0.29, 0.717) is 23.2 Å². The molecule has 0 saturated carbocycles. The Morgan fingerprint density at radius 1 is 1.05 bits per heavy atom. The molecule has 0 bridgehead atoms. The number of anilines is 1. The summed E-state index contributed by atoms with van der Waals surface area (Å²) in [5.74, 6) is 2.61. The Kier molecular flexibility index (Phi) is 5.35. The Bertz CT molecular complexity index is 405. The Morgan fingerprint density at radius 2 is 1.65 bits per heavy atom. The molecule has 0 atom stereocenters. The molecule has 5 nitrogen and oxygen atoms in total. The minimum absolute atomic E-state index is 0.617. The first kappa shape index (κ1) is 14.8. The van der Waals surface area contributed by atoms with Crippen LogP contribution in [-0.4, -0.2) is 41.1 Å². The zero-order valence-corrected chi connectivity index (χ0v) is 12.4. The molecule has 1 aliphatic rings. The highest BCUT2D eigenvalue weighted by Crippen LogP contribution is 2.40. The van der Waals surface area contributed by atoms with Crippen molar-refractivity contribution >= 4 is 5.69 Å². The number of hydrogen-bond acceptors (Lipinski definition) is 5. The standard InChI is InChI=1S/C15H23NO4/c1-17-13-8-12(9-14(18-2)15(13)19-3)16-10-11-4-6-20-7-5-11/h8-9,11,16H,4-7,10H2,1-3H3. The monoisotopic (exact) mass is 281 g/mol. The van der Waals surface area contributed by atoms with Gasteiger partial charge >= 0.3 is 0 Å². The second-order valence-electron chi connectivity index (χ2n) is 4.85. The third-order valence-corrected chi connectivity index (χ3v) is 3.60. The van der Waals surface area contributed by atoms with E-state index in [4.69, 9.17) is 18.9 Å². The zero-order chi connectivity index (χ0) is 14.4. The fraction of sp³-hybridized carbons (Fsp3) is 0.600. The molecule has 0 radical (unpaired) electrons. The molecule has 1 aliphatic heterocycles. The first-order valence-corrected chi connectivity index (χ1v) is 6.90. The summed E-state index contributed by atoms with van der Waals surface area (Å²) in [5, 5.41) is 3.44. The third-order valence-electron chi connectivity index (χ3n) is 3.60. The lowest BCUT2D eigenvalue weighted by Crippen LogP contribution is -2.22. The summed E-state index contributed by atoms with van der Waals surface area (Å²) in [7, 11) is 4.86. The summed E-state index contributed by atoms with van der Waals surface area (Å²) < 4.78 is 21.4. The fourth-order valence-corrected chi connectivity index (χ4v) is 2.40. The lowest BCUT2D eigenvalue weighted by molar-refractivity contribution is 0.0699. The molecule has 1 heterocycles. The van der Waals surface area contributed by atoms with Crippen LogP contribution in [0.1, 0.15) is 12.8 Å². The summed E-state index contributed by atoms with van der Waals surface area (Å²) in [6, 6.07) is 3.86. The van der Waals surface area contributed by atoms with Crippen molar-refractivity contribution in [1.29, 1.82) is 0 Å². The number of hydrogen-bond donors (Lipinski definition) is 1. The first-order valence-electron chi connectivity index (χ1n) is 6.90. The van der Waals surface area contributed by atoms with Crippen molar-refractivity contribution < 1.29 is 18.9 Å². The van der Waals surface area contributed by atoms with Crippen LogP contribution >= 0.6 is 0 Å². The van der Waals surface area contributed by atoms with E-state index in [2.05, 4.69) is 5.32 Å². The fourth-order valence-electron chi connectivity index (χ4n) is 2.40. The summed E-state index contributed by atoms with van der Waals surface area (Å²) >= 11 is 0. The summed E-state index contributed by atoms with van der Waals surface area (Å²) in [4.78, 5) is 0. The van der Waals surface area contributed by atoms with Gasteiger partial charge in [0.2, 0.25) is 5.75 Å². The van der Waals surface area contributed by atoms with E-state index in [1.54, 1.807) is 21.3 Å². The van der Waals surface area contributed by atoms with Crippen molar-refractivity contribution in [1.82, 2.24) is 0 Å². The SMILES string of the molecule is COc1cc(NCC2CCOCC2)cc(OC)c1OC. The van der Waals surface area contributed by atoms with Crippen LogP contribution in [0.5, 0.6) is 17.2 Å². The molecular weight excluding hydrogens is 258 g/mol. The molecule has 1 N–H and O–H groups in total. The topological polar surface area (TPSA) is 49.0 Å². The number of nitrogens with one attached hydrogen (secondary N) is 1. The molecule has 1 saturated heterocycles. The molecule has 0 amide bonds. The van der Waals surface area contributed by atoms with Gasteiger partial charge in [0.05, 0.1) is 21.3 Å². The van der Waals surface area contributed by atoms with Crippen molar-refractivity contribution in [2.75, 3.05) is 46.4 Å². The highest BCUT2D eigenvalue weighted by Gasteiger charge is 2.16. The summed E-state index contributed by atoms with van der Waals surface area (Å²) in [6.07, 6.45) is 2.22. The highest BCUT2D eigenvalue weighted by molar-refractivity contribution is 5.62. The van der Waals surface area contributed by atoms with Gasteiger partial charge in [-0.2, -0.15) is 0 Å². The molecule has 5 heteroatoms. The predicted molar refractivity (Wildman–Crippen MR) is 78.1 cm³/mol. The van der Waals surface area contributed by atoms with E-state index in [0.717, 1.165) is 38.3 Å². The van der Waals surface area contributed by atoms with Gasteiger partial charge < -0.3 is 24.3 Å². The second kappa shape index (κ2) is 7.24. The Labute approximate surface area is 120 Å². The van der Waals surface area contributed by atoms with Gasteiger partial charge in [-0.15, -0.1) is 0 Å². The van der Waals surface area contributed by atoms with Crippen molar-refractivity contribution in [3.8, 4) is 17.2 Å². The van der Waals surface area contributed by atoms with E-state index >= 15 is 0 Å². The largest absolute Gasteiger partial charge is 0.493 e. The highest BCUT2D eigenvalue weighted by atomic mass is 16.5. The Hall–Kier alpha value is -1.62. The molecular formula is C15H23NO4. The minimum Gasteiger partial charge on any atom is -0.493 e. The number of ether oxygens (including phenoxy) is 4. The van der Waals surface area contributed by atoms with Crippen LogP contribution in [0.3, 0.4) is 0 Å². The van der Waals surface area contributed by atoms with Gasteiger partial charge in [-0.3, -0.25) is 0 Å². The normalized spacial score (nSPS) is 15.8. The molecule has 0 aromatic heterocycles. The maximum atomic E-state index is 5.37. The zero-order valence-electron chi connectivity index (χ0n) is 12.4. The van der Waals surface area contributed by atoms with Gasteiger partial charge in [-0.25, -0.2) is 0 Å². The molecule has 20 heavy (non-hydrogen) atoms. The van der Waals surface area contributed by atoms with Crippen molar-refractivity contribution in [2.24, 2.45) is 5.92 Å². The van der Waals surface area contributed by atoms with Crippen LogP contribution in [0.4, 0.5) is 5.69 Å². The quantitative estimate of drug-likeness (QED) is 0.868. The van der Waals surface area contributed by atoms with E-state index in [1.165, 1.54) is 0 Å². The van der Waals surface area contributed by atoms with Gasteiger partial charge in [0.1, 0.15) is 0 Å². The van der Waals surface area contributed by atoms with Crippen LogP contribution in [-0.2, 0) is 4.74 Å². The lowest BCUT2D eigenvalue weighted by atomic mass is 10.0. The third kappa shape index (κ3) is 3.48. The number of benzene rings is 1. The van der Waals surface area contributed by atoms with E-state index in [1.807, 2.05) is 12.1 Å². The lowest BCUT2D eigenvalue weighted by Gasteiger charge is -2.23. The molecule has 0 aliphatic carbocycles. The van der Waals surface area contributed by atoms with Gasteiger partial charge in [-0.05, 0) is 18.8 Å². The van der Waals surface area contributed by atoms with Gasteiger partial charge in [0.15, 0.2) is 11.5 Å². The van der Waals surface area contributed by atoms with Crippen LogP contribution in [0.25, 0.3) is 0 Å². The molecule has 0 unspecified atom stereocenters. The van der Waals surface area contributed by atoms with Crippen molar-refractivity contribution in [3.05, 3.63) is 12.1 Å². The maximum absolute atomic E-state index is 5.37. The average Bonchev–Trinajstić information content (AvgIpc) is 2.52. The van der Waals surface area contributed by atoms with E-state index in [-0.39, 0.29) is 0 Å². The average molecular weight is 281 g/mol. The first-order chi connectivity index (χ1) is 9.78. The summed E-state index contributed by atoms with van der Waals surface area (Å²) in [5.41, 5.74) is 0.978. The Balaban J connectivity index is 2.06. The van der Waals surface area contributed by atoms with E-state index in [9.17, 15) is 0 Å². The van der Waals surface area contributed by atoms with Gasteiger partial charge in [0, 0.05) is 37.6 Å². The molecule has 1 fully saturated rings. The van der Waals surface area contributed by atoms with Crippen molar-refractivity contribution in [2.45, 2.75) is 12.8 Å². The van der Waals surface area contributed by atoms with Gasteiger partial charge in [-0.1, -0.05) is 0 Å². The minimum atomic E-state index is 0.617. The Morgan fingerprint density at radius 3 is 2.15 bits per heavy atom. The van der Waals surface area contributed by atoms with Crippen LogP contribution in [0, 0.1) is 5.92 Å². The predicted octanol–water partition coefficient (Wildman–Crippen LogP) is 2.55. The molecule has 2 rings (SSSR count). The molecule has 112 valence electrons. The number of methoxy groups -OCH3 is 3. The van der Waals surface area contributed by atoms with Crippen molar-refractivity contribution in [3.63, 3.8) is 0 Å². The van der Waals surface area contributed by atoms with Crippen LogP contribution < -0.4 is 19.5 Å². The van der Waals surface area contributed by atoms with Crippen LogP contribution in [0.15, 0.2) is 12.1 Å². The number of rotatable bonds is 6. The van der Waals surface area contributed by atoms with Crippen LogP contribution in [0.2, 0.25) is 0 Å². The maximum Gasteiger partial charge on any atom is 0.203 e. The molecule has 1 aromatic carbocycles. The molecule has 1 aromatic rings. The molecule has 0 spiro atoms. The summed E-state index contributed by atoms with van der Waals surface area (Å²) in [6.45, 7) is 2.66. The van der Waals surface area contributed by atoms with Gasteiger partial charge in [0.25, 0.3) is 0 Å². The smallest absolute Gasteiger partial charge is 0.203 e.